The summed E-state index contributed by atoms with van der Waals surface area (Å²) in [7, 11) is 5.44. The maximum atomic E-state index is 13.4. The first-order valence-corrected chi connectivity index (χ1v) is 17.3. The Balaban J connectivity index is 0.919. The van der Waals surface area contributed by atoms with Crippen LogP contribution in [-0.2, 0) is 23.2 Å². The fourth-order valence-electron chi connectivity index (χ4n) is 7.55. The third kappa shape index (κ3) is 5.83. The Labute approximate surface area is 297 Å². The summed E-state index contributed by atoms with van der Waals surface area (Å²) in [5, 5.41) is 15.2. The molecule has 6 heterocycles. The van der Waals surface area contributed by atoms with Gasteiger partial charge in [-0.2, -0.15) is 10.2 Å². The second-order valence-corrected chi connectivity index (χ2v) is 13.4. The number of aryl methyl sites for hydroxylation is 1. The topological polar surface area (TPSA) is 166 Å². The number of rotatable bonds is 9. The molecule has 6 aromatic rings. The number of aromatic nitrogens is 7. The molecule has 0 spiro atoms. The molecule has 2 saturated heterocycles. The lowest BCUT2D eigenvalue weighted by atomic mass is 10.0. The van der Waals surface area contributed by atoms with E-state index >= 15 is 0 Å². The van der Waals surface area contributed by atoms with E-state index in [0.29, 0.717) is 47.2 Å². The molecule has 16 nitrogen and oxygen atoms in total. The van der Waals surface area contributed by atoms with E-state index in [1.807, 2.05) is 41.2 Å². The van der Waals surface area contributed by atoms with Gasteiger partial charge in [0.15, 0.2) is 5.65 Å². The van der Waals surface area contributed by atoms with E-state index in [1.54, 1.807) is 41.7 Å². The van der Waals surface area contributed by atoms with E-state index in [9.17, 15) is 19.2 Å². The van der Waals surface area contributed by atoms with Gasteiger partial charge >= 0.3 is 5.69 Å². The number of carbonyl (C=O) groups excluding carboxylic acids is 3. The number of carbonyl (C=O) groups is 3. The highest BCUT2D eigenvalue weighted by Crippen LogP contribution is 2.33. The highest BCUT2D eigenvalue weighted by atomic mass is 16.5. The number of likely N-dealkylation sites (N-methyl/N-ethyl adjacent to an activating group) is 1. The third-order valence-electron chi connectivity index (χ3n) is 10.4. The second kappa shape index (κ2) is 13.3. The molecule has 1 atom stereocenters. The largest absolute Gasteiger partial charge is 0.494 e. The highest BCUT2D eigenvalue weighted by Gasteiger charge is 2.32. The summed E-state index contributed by atoms with van der Waals surface area (Å²) in [6.45, 7) is 3.10. The minimum absolute atomic E-state index is 0.204. The molecular weight excluding hydrogens is 666 g/mol. The van der Waals surface area contributed by atoms with Crippen LogP contribution < -0.4 is 26.0 Å². The number of amides is 3. The Hall–Kier alpha value is -6.03. The molecule has 52 heavy (non-hydrogen) atoms. The first-order valence-electron chi connectivity index (χ1n) is 17.3. The van der Waals surface area contributed by atoms with Crippen LogP contribution in [0.15, 0.2) is 66.0 Å². The summed E-state index contributed by atoms with van der Waals surface area (Å²) < 4.78 is 12.2. The number of imide groups is 1. The van der Waals surface area contributed by atoms with Gasteiger partial charge in [-0.15, -0.1) is 0 Å². The molecule has 3 amide bonds. The first-order chi connectivity index (χ1) is 25.2. The summed E-state index contributed by atoms with van der Waals surface area (Å²) in [6.07, 6.45) is 9.22. The van der Waals surface area contributed by atoms with Crippen LogP contribution in [0.3, 0.4) is 0 Å². The van der Waals surface area contributed by atoms with Crippen molar-refractivity contribution >= 4 is 56.7 Å². The molecular formula is C36H39N11O5. The molecule has 0 saturated carbocycles. The van der Waals surface area contributed by atoms with Crippen LogP contribution in [-0.4, -0.2) is 96.0 Å². The zero-order valence-corrected chi connectivity index (χ0v) is 29.2. The Morgan fingerprint density at radius 3 is 2.73 bits per heavy atom. The molecule has 8 rings (SSSR count). The van der Waals surface area contributed by atoms with Crippen molar-refractivity contribution in [3.8, 4) is 5.75 Å². The molecule has 2 aliphatic heterocycles. The van der Waals surface area contributed by atoms with Crippen molar-refractivity contribution < 1.29 is 19.1 Å². The van der Waals surface area contributed by atoms with Crippen LogP contribution in [0.5, 0.6) is 5.75 Å². The first kappa shape index (κ1) is 33.1. The molecule has 2 aliphatic rings. The summed E-state index contributed by atoms with van der Waals surface area (Å²) in [5.41, 5.74) is 4.31. The van der Waals surface area contributed by atoms with Gasteiger partial charge in [-0.3, -0.25) is 33.5 Å². The number of benzene rings is 2. The molecule has 4 aromatic heterocycles. The molecule has 16 heteroatoms. The molecule has 268 valence electrons. The van der Waals surface area contributed by atoms with Gasteiger partial charge in [0.1, 0.15) is 17.4 Å². The van der Waals surface area contributed by atoms with Crippen LogP contribution in [0.25, 0.3) is 27.6 Å². The molecule has 0 radical (unpaired) electrons. The van der Waals surface area contributed by atoms with E-state index < -0.39 is 11.9 Å². The average molecular weight is 706 g/mol. The van der Waals surface area contributed by atoms with Gasteiger partial charge in [0.2, 0.25) is 11.8 Å². The van der Waals surface area contributed by atoms with Gasteiger partial charge in [0.25, 0.3) is 5.91 Å². The zero-order valence-electron chi connectivity index (χ0n) is 29.2. The Kier molecular flexibility index (Phi) is 8.45. The van der Waals surface area contributed by atoms with Gasteiger partial charge in [-0.25, -0.2) is 14.3 Å². The maximum absolute atomic E-state index is 13.4. The predicted octanol–water partition coefficient (Wildman–Crippen LogP) is 2.57. The van der Waals surface area contributed by atoms with E-state index in [2.05, 4.69) is 37.6 Å². The van der Waals surface area contributed by atoms with Crippen molar-refractivity contribution in [1.82, 2.24) is 43.7 Å². The van der Waals surface area contributed by atoms with Crippen LogP contribution >= 0.6 is 0 Å². The lowest BCUT2D eigenvalue weighted by molar-refractivity contribution is -0.135. The number of nitrogens with zero attached hydrogens (tertiary/aromatic N) is 9. The molecule has 2 aromatic carbocycles. The average Bonchev–Trinajstić information content (AvgIpc) is 3.84. The normalized spacial score (nSPS) is 17.1. The highest BCUT2D eigenvalue weighted by molar-refractivity contribution is 6.09. The van der Waals surface area contributed by atoms with Crippen molar-refractivity contribution in [2.75, 3.05) is 44.0 Å². The van der Waals surface area contributed by atoms with E-state index in [0.717, 1.165) is 54.6 Å². The van der Waals surface area contributed by atoms with E-state index in [1.165, 1.54) is 10.8 Å². The standard InChI is InChI=1S/C36H39N11O5/c1-42(16-17-45-21-22-18-26(30(52-3)19-25(22)41-45)39-34(49)24-20-38-46-13-5-12-37-33(24)46)23-10-14-44(15-11-23)27-6-4-7-28-32(27)43(2)36(51)47(28)29-8-9-31(48)40-35(29)50/h4-7,12-13,18-21,23,29H,8-11,14-17H2,1-3H3,(H,39,49)(H,40,48,50). The van der Waals surface area contributed by atoms with Crippen molar-refractivity contribution in [3.63, 3.8) is 0 Å². The lowest BCUT2D eigenvalue weighted by Crippen LogP contribution is -2.44. The van der Waals surface area contributed by atoms with Crippen molar-refractivity contribution in [2.45, 2.75) is 44.3 Å². The molecule has 1 unspecified atom stereocenters. The van der Waals surface area contributed by atoms with Crippen LogP contribution in [0, 0.1) is 0 Å². The van der Waals surface area contributed by atoms with E-state index in [-0.39, 0.29) is 23.9 Å². The number of methoxy groups -OCH3 is 1. The number of piperidine rings is 2. The minimum atomic E-state index is -0.715. The Morgan fingerprint density at radius 1 is 1.12 bits per heavy atom. The van der Waals surface area contributed by atoms with Crippen molar-refractivity contribution in [2.24, 2.45) is 7.05 Å². The SMILES string of the molecule is COc1cc2nn(CCN(C)C3CCN(c4cccc5c4n(C)c(=O)n5C4CCC(=O)NC4=O)CC3)cc2cc1NC(=O)c1cnn2cccnc12. The number of para-hydroxylation sites is 1. The maximum Gasteiger partial charge on any atom is 0.329 e. The smallest absolute Gasteiger partial charge is 0.329 e. The van der Waals surface area contributed by atoms with E-state index in [4.69, 9.17) is 9.84 Å². The van der Waals surface area contributed by atoms with Crippen molar-refractivity contribution in [1.29, 1.82) is 0 Å². The molecule has 0 aliphatic carbocycles. The Bertz CT molecular complexity index is 2420. The second-order valence-electron chi connectivity index (χ2n) is 13.4. The van der Waals surface area contributed by atoms with Gasteiger partial charge in [-0.05, 0) is 50.6 Å². The minimum Gasteiger partial charge on any atom is -0.494 e. The van der Waals surface area contributed by atoms with Gasteiger partial charge in [0, 0.05) is 69.2 Å². The van der Waals surface area contributed by atoms with Crippen molar-refractivity contribution in [3.05, 3.63) is 77.2 Å². The number of ether oxygens (including phenoxy) is 1. The zero-order chi connectivity index (χ0) is 36.1. The molecule has 2 N–H and O–H groups in total. The van der Waals surface area contributed by atoms with Crippen LogP contribution in [0.1, 0.15) is 42.1 Å². The third-order valence-corrected chi connectivity index (χ3v) is 10.4. The summed E-state index contributed by atoms with van der Waals surface area (Å²) in [5.74, 6) is -0.576. The van der Waals surface area contributed by atoms with Gasteiger partial charge in [0.05, 0.1) is 47.8 Å². The number of hydrogen-bond acceptors (Lipinski definition) is 10. The number of hydrogen-bond donors (Lipinski definition) is 2. The summed E-state index contributed by atoms with van der Waals surface area (Å²) >= 11 is 0. The monoisotopic (exact) mass is 705 g/mol. The number of nitrogens with one attached hydrogen (secondary N) is 2. The fourth-order valence-corrected chi connectivity index (χ4v) is 7.55. The summed E-state index contributed by atoms with van der Waals surface area (Å²) in [6, 6.07) is 10.9. The molecule has 2 fully saturated rings. The van der Waals surface area contributed by atoms with Gasteiger partial charge < -0.3 is 19.9 Å². The Morgan fingerprint density at radius 2 is 1.94 bits per heavy atom. The number of anilines is 2. The quantitative estimate of drug-likeness (QED) is 0.214. The lowest BCUT2D eigenvalue weighted by Gasteiger charge is -2.38. The number of imidazole rings is 1. The van der Waals surface area contributed by atoms with Gasteiger partial charge in [-0.1, -0.05) is 6.07 Å². The number of fused-ring (bicyclic) bond motifs is 3. The summed E-state index contributed by atoms with van der Waals surface area (Å²) in [4.78, 5) is 60.0. The molecule has 0 bridgehead atoms. The predicted molar refractivity (Wildman–Crippen MR) is 194 cm³/mol. The van der Waals surface area contributed by atoms with Crippen LogP contribution in [0.2, 0.25) is 0 Å². The van der Waals surface area contributed by atoms with Crippen LogP contribution in [0.4, 0.5) is 11.4 Å². The fraction of sp³-hybridized carbons (Fsp3) is 0.361.